The van der Waals surface area contributed by atoms with E-state index in [1.165, 1.54) is 0 Å². The SMILES string of the molecule is C=NC(=O)C1C(=C)C(=C)C(C(=O)N=C)C(=C)C1=C. The fourth-order valence-corrected chi connectivity index (χ4v) is 1.94. The van der Waals surface area contributed by atoms with Gasteiger partial charge in [0.15, 0.2) is 0 Å². The highest BCUT2D eigenvalue weighted by Crippen LogP contribution is 2.43. The number of carbonyl (C=O) groups excluding carboxylic acids is 2. The maximum Gasteiger partial charge on any atom is 0.257 e. The van der Waals surface area contributed by atoms with E-state index in [-0.39, 0.29) is 0 Å². The van der Waals surface area contributed by atoms with E-state index < -0.39 is 23.7 Å². The van der Waals surface area contributed by atoms with Crippen LogP contribution in [0.25, 0.3) is 0 Å². The molecule has 0 aliphatic heterocycles. The molecule has 0 saturated heterocycles. The first-order valence-corrected chi connectivity index (χ1v) is 5.13. The second kappa shape index (κ2) is 4.87. The summed E-state index contributed by atoms with van der Waals surface area (Å²) in [6.45, 7) is 21.5. The summed E-state index contributed by atoms with van der Waals surface area (Å²) in [7, 11) is 0. The van der Waals surface area contributed by atoms with Crippen molar-refractivity contribution in [2.24, 2.45) is 21.8 Å². The van der Waals surface area contributed by atoms with E-state index in [1.54, 1.807) is 0 Å². The van der Waals surface area contributed by atoms with Crippen LogP contribution in [0, 0.1) is 11.8 Å². The maximum atomic E-state index is 11.7. The van der Waals surface area contributed by atoms with E-state index in [0.717, 1.165) is 0 Å². The molecule has 1 fully saturated rings. The number of nitrogens with zero attached hydrogens (tertiary/aromatic N) is 2. The molecule has 0 bridgehead atoms. The Labute approximate surface area is 106 Å². The molecule has 0 radical (unpaired) electrons. The van der Waals surface area contributed by atoms with Crippen LogP contribution >= 0.6 is 0 Å². The second-order valence-electron chi connectivity index (χ2n) is 3.96. The van der Waals surface area contributed by atoms with Crippen molar-refractivity contribution in [3.63, 3.8) is 0 Å². The Balaban J connectivity index is 3.27. The van der Waals surface area contributed by atoms with Gasteiger partial charge >= 0.3 is 0 Å². The van der Waals surface area contributed by atoms with E-state index in [9.17, 15) is 9.59 Å². The third-order valence-electron chi connectivity index (χ3n) is 3.02. The third-order valence-corrected chi connectivity index (χ3v) is 3.02. The zero-order chi connectivity index (χ0) is 14.0. The summed E-state index contributed by atoms with van der Waals surface area (Å²) in [4.78, 5) is 30.1. The quantitative estimate of drug-likeness (QED) is 0.694. The van der Waals surface area contributed by atoms with Crippen molar-refractivity contribution in [2.75, 3.05) is 0 Å². The fourth-order valence-electron chi connectivity index (χ4n) is 1.94. The molecule has 0 unspecified atom stereocenters. The van der Waals surface area contributed by atoms with Crippen LogP contribution in [-0.4, -0.2) is 25.2 Å². The lowest BCUT2D eigenvalue weighted by Crippen LogP contribution is -2.31. The molecule has 0 heterocycles. The number of carbonyl (C=O) groups is 2. The average Bonchev–Trinajstić information content (AvgIpc) is 2.36. The monoisotopic (exact) mass is 242 g/mol. The lowest BCUT2D eigenvalue weighted by atomic mass is 9.70. The maximum absolute atomic E-state index is 11.7. The molecule has 4 nitrogen and oxygen atoms in total. The molecule has 0 aromatic carbocycles. The van der Waals surface area contributed by atoms with E-state index in [1.807, 2.05) is 0 Å². The van der Waals surface area contributed by atoms with Crippen LogP contribution in [-0.2, 0) is 9.59 Å². The van der Waals surface area contributed by atoms with Gasteiger partial charge in [-0.3, -0.25) is 9.59 Å². The third kappa shape index (κ3) is 1.93. The van der Waals surface area contributed by atoms with Gasteiger partial charge in [-0.2, -0.15) is 0 Å². The van der Waals surface area contributed by atoms with Gasteiger partial charge in [-0.05, 0) is 35.7 Å². The summed E-state index contributed by atoms with van der Waals surface area (Å²) in [5.41, 5.74) is 1.58. The number of amides is 2. The molecule has 1 rings (SSSR count). The van der Waals surface area contributed by atoms with Gasteiger partial charge in [-0.1, -0.05) is 26.3 Å². The zero-order valence-electron chi connectivity index (χ0n) is 10.1. The van der Waals surface area contributed by atoms with Crippen LogP contribution < -0.4 is 0 Å². The van der Waals surface area contributed by atoms with Crippen LogP contribution in [0.2, 0.25) is 0 Å². The lowest BCUT2D eigenvalue weighted by Gasteiger charge is -2.33. The minimum Gasteiger partial charge on any atom is -0.272 e. The van der Waals surface area contributed by atoms with Crippen LogP contribution in [0.1, 0.15) is 0 Å². The van der Waals surface area contributed by atoms with Gasteiger partial charge in [0.1, 0.15) is 0 Å². The number of rotatable bonds is 2. The van der Waals surface area contributed by atoms with Gasteiger partial charge in [0, 0.05) is 0 Å². The van der Waals surface area contributed by atoms with Crippen molar-refractivity contribution in [3.8, 4) is 0 Å². The van der Waals surface area contributed by atoms with Crippen molar-refractivity contribution in [1.29, 1.82) is 0 Å². The summed E-state index contributed by atoms with van der Waals surface area (Å²) in [5.74, 6) is -2.44. The van der Waals surface area contributed by atoms with Gasteiger partial charge in [0.05, 0.1) is 11.8 Å². The highest BCUT2D eigenvalue weighted by molar-refractivity contribution is 5.96. The minimum absolute atomic E-state index is 0.395. The number of hydrogen-bond acceptors (Lipinski definition) is 2. The summed E-state index contributed by atoms with van der Waals surface area (Å²) >= 11 is 0. The van der Waals surface area contributed by atoms with Crippen LogP contribution in [0.3, 0.4) is 0 Å². The Morgan fingerprint density at radius 1 is 0.722 bits per heavy atom. The fraction of sp³-hybridized carbons (Fsp3) is 0.143. The Hall–Kier alpha value is -2.36. The van der Waals surface area contributed by atoms with E-state index in [2.05, 4.69) is 49.7 Å². The highest BCUT2D eigenvalue weighted by Gasteiger charge is 2.39. The van der Waals surface area contributed by atoms with Crippen LogP contribution in [0.5, 0.6) is 0 Å². The molecule has 0 N–H and O–H groups in total. The Bertz CT molecular complexity index is 450. The van der Waals surface area contributed by atoms with Gasteiger partial charge in [0.2, 0.25) is 0 Å². The molecule has 4 heteroatoms. The molecule has 1 aliphatic carbocycles. The molecule has 1 aliphatic rings. The smallest absolute Gasteiger partial charge is 0.257 e. The predicted molar refractivity (Wildman–Crippen MR) is 72.7 cm³/mol. The number of aliphatic imine (C=N–C) groups is 2. The van der Waals surface area contributed by atoms with Crippen molar-refractivity contribution in [1.82, 2.24) is 0 Å². The Kier molecular flexibility index (Phi) is 3.71. The number of hydrogen-bond donors (Lipinski definition) is 0. The standard InChI is InChI=1S/C14H14N2O2/c1-7-8(2)12(14(18)16-6)10(4)9(3)11(7)13(17)15-5/h11-12H,1-6H2. The minimum atomic E-state index is -0.739. The van der Waals surface area contributed by atoms with Crippen molar-refractivity contribution in [2.45, 2.75) is 0 Å². The molecule has 18 heavy (non-hydrogen) atoms. The normalized spacial score (nSPS) is 23.8. The topological polar surface area (TPSA) is 58.9 Å². The van der Waals surface area contributed by atoms with E-state index in [0.29, 0.717) is 22.3 Å². The summed E-state index contributed by atoms with van der Waals surface area (Å²) < 4.78 is 0. The summed E-state index contributed by atoms with van der Waals surface area (Å²) in [6, 6.07) is 0. The second-order valence-corrected chi connectivity index (χ2v) is 3.96. The molecule has 0 aromatic rings. The Morgan fingerprint density at radius 2 is 0.944 bits per heavy atom. The van der Waals surface area contributed by atoms with E-state index >= 15 is 0 Å². The predicted octanol–water partition coefficient (Wildman–Crippen LogP) is 1.91. The first kappa shape index (κ1) is 13.7. The first-order chi connectivity index (χ1) is 8.36. The largest absolute Gasteiger partial charge is 0.272 e. The average molecular weight is 242 g/mol. The summed E-state index contributed by atoms with van der Waals surface area (Å²) in [6.07, 6.45) is 0. The summed E-state index contributed by atoms with van der Waals surface area (Å²) in [5, 5.41) is 0. The van der Waals surface area contributed by atoms with Gasteiger partial charge < -0.3 is 0 Å². The zero-order valence-corrected chi connectivity index (χ0v) is 10.1. The van der Waals surface area contributed by atoms with Crippen molar-refractivity contribution < 1.29 is 9.59 Å². The van der Waals surface area contributed by atoms with E-state index in [4.69, 9.17) is 0 Å². The molecule has 92 valence electrons. The van der Waals surface area contributed by atoms with Crippen molar-refractivity contribution in [3.05, 3.63) is 48.6 Å². The van der Waals surface area contributed by atoms with Crippen molar-refractivity contribution >= 4 is 25.2 Å². The first-order valence-electron chi connectivity index (χ1n) is 5.13. The van der Waals surface area contributed by atoms with Gasteiger partial charge in [0.25, 0.3) is 11.8 Å². The highest BCUT2D eigenvalue weighted by atomic mass is 16.2. The van der Waals surface area contributed by atoms with Crippen LogP contribution in [0.15, 0.2) is 58.6 Å². The molecule has 0 spiro atoms. The Morgan fingerprint density at radius 3 is 1.11 bits per heavy atom. The molecule has 0 atom stereocenters. The molecular formula is C14H14N2O2. The van der Waals surface area contributed by atoms with Gasteiger partial charge in [-0.15, -0.1) is 0 Å². The van der Waals surface area contributed by atoms with Crippen LogP contribution in [0.4, 0.5) is 0 Å². The lowest BCUT2D eigenvalue weighted by molar-refractivity contribution is -0.121. The molecule has 1 saturated carbocycles. The molecular weight excluding hydrogens is 228 g/mol. The molecule has 2 amide bonds. The van der Waals surface area contributed by atoms with Gasteiger partial charge in [-0.25, -0.2) is 9.98 Å². The molecule has 0 aromatic heterocycles.